The largest absolute Gasteiger partial charge is 0.495 e. The van der Waals surface area contributed by atoms with Crippen LogP contribution in [0.1, 0.15) is 19.4 Å². The Morgan fingerprint density at radius 3 is 1.64 bits per heavy atom. The quantitative estimate of drug-likeness (QED) is 0.751. The first kappa shape index (κ1) is 13.1. The van der Waals surface area contributed by atoms with Gasteiger partial charge in [0, 0.05) is 0 Å². The highest BCUT2D eigenvalue weighted by molar-refractivity contribution is 6.33. The smallest absolute Gasteiger partial charge is 0.141 e. The van der Waals surface area contributed by atoms with Gasteiger partial charge in [0.25, 0.3) is 0 Å². The lowest BCUT2D eigenvalue weighted by molar-refractivity contribution is 0.394. The Hall–Kier alpha value is -0.890. The molecule has 14 heavy (non-hydrogen) atoms. The SMILES string of the molecule is CC.COc1cc(C)cc(OC)c1Cl. The zero-order valence-corrected chi connectivity index (χ0v) is 10.1. The Morgan fingerprint density at radius 1 is 1.00 bits per heavy atom. The van der Waals surface area contributed by atoms with Crippen molar-refractivity contribution >= 4 is 11.6 Å². The van der Waals surface area contributed by atoms with Gasteiger partial charge in [-0.3, -0.25) is 0 Å². The highest BCUT2D eigenvalue weighted by Gasteiger charge is 2.07. The second kappa shape index (κ2) is 6.55. The number of benzene rings is 1. The van der Waals surface area contributed by atoms with Gasteiger partial charge in [0.1, 0.15) is 16.5 Å². The molecule has 1 rings (SSSR count). The monoisotopic (exact) mass is 216 g/mol. The van der Waals surface area contributed by atoms with E-state index in [1.54, 1.807) is 14.2 Å². The lowest BCUT2D eigenvalue weighted by Gasteiger charge is -2.08. The maximum absolute atomic E-state index is 5.93. The van der Waals surface area contributed by atoms with E-state index in [9.17, 15) is 0 Å². The summed E-state index contributed by atoms with van der Waals surface area (Å²) in [7, 11) is 3.17. The van der Waals surface area contributed by atoms with Crippen LogP contribution in [0.2, 0.25) is 5.02 Å². The molecule has 0 saturated heterocycles. The summed E-state index contributed by atoms with van der Waals surface area (Å²) >= 11 is 5.93. The Morgan fingerprint density at radius 2 is 1.36 bits per heavy atom. The highest BCUT2D eigenvalue weighted by Crippen LogP contribution is 2.34. The first-order valence-electron chi connectivity index (χ1n) is 4.57. The molecule has 1 aromatic carbocycles. The van der Waals surface area contributed by atoms with Crippen molar-refractivity contribution in [3.8, 4) is 11.5 Å². The standard InChI is InChI=1S/C9H11ClO2.C2H6/c1-6-4-7(11-2)9(10)8(5-6)12-3;1-2/h4-5H,1-3H3;1-2H3. The van der Waals surface area contributed by atoms with Crippen molar-refractivity contribution < 1.29 is 9.47 Å². The third-order valence-electron chi connectivity index (χ3n) is 1.59. The molecule has 2 nitrogen and oxygen atoms in total. The van der Waals surface area contributed by atoms with E-state index >= 15 is 0 Å². The molecule has 3 heteroatoms. The van der Waals surface area contributed by atoms with Gasteiger partial charge in [-0.05, 0) is 24.6 Å². The number of hydrogen-bond donors (Lipinski definition) is 0. The normalized spacial score (nSPS) is 8.71. The Balaban J connectivity index is 0.000000791. The molecular weight excluding hydrogens is 200 g/mol. The number of rotatable bonds is 2. The van der Waals surface area contributed by atoms with Crippen LogP contribution >= 0.6 is 11.6 Å². The molecule has 0 aromatic heterocycles. The van der Waals surface area contributed by atoms with Crippen LogP contribution in [0, 0.1) is 6.92 Å². The molecule has 0 saturated carbocycles. The summed E-state index contributed by atoms with van der Waals surface area (Å²) in [5.41, 5.74) is 1.06. The fourth-order valence-corrected chi connectivity index (χ4v) is 1.26. The van der Waals surface area contributed by atoms with Gasteiger partial charge in [-0.25, -0.2) is 0 Å². The van der Waals surface area contributed by atoms with Crippen molar-refractivity contribution in [1.82, 2.24) is 0 Å². The van der Waals surface area contributed by atoms with Crippen molar-refractivity contribution in [1.29, 1.82) is 0 Å². The minimum absolute atomic E-state index is 0.519. The van der Waals surface area contributed by atoms with Gasteiger partial charge >= 0.3 is 0 Å². The van der Waals surface area contributed by atoms with E-state index in [1.165, 1.54) is 0 Å². The van der Waals surface area contributed by atoms with E-state index in [0.717, 1.165) is 5.56 Å². The van der Waals surface area contributed by atoms with Crippen molar-refractivity contribution in [2.75, 3.05) is 14.2 Å². The molecule has 0 atom stereocenters. The summed E-state index contributed by atoms with van der Waals surface area (Å²) in [5.74, 6) is 1.29. The third-order valence-corrected chi connectivity index (χ3v) is 1.96. The summed E-state index contributed by atoms with van der Waals surface area (Å²) < 4.78 is 10.1. The first-order valence-corrected chi connectivity index (χ1v) is 4.95. The molecule has 80 valence electrons. The molecule has 0 unspecified atom stereocenters. The highest BCUT2D eigenvalue weighted by atomic mass is 35.5. The van der Waals surface area contributed by atoms with Crippen LogP contribution in [0.5, 0.6) is 11.5 Å². The fraction of sp³-hybridized carbons (Fsp3) is 0.455. The van der Waals surface area contributed by atoms with Crippen LogP contribution in [0.15, 0.2) is 12.1 Å². The van der Waals surface area contributed by atoms with E-state index in [4.69, 9.17) is 21.1 Å². The molecule has 0 radical (unpaired) electrons. The molecule has 0 bridgehead atoms. The summed E-state index contributed by atoms with van der Waals surface area (Å²) in [4.78, 5) is 0. The maximum Gasteiger partial charge on any atom is 0.141 e. The topological polar surface area (TPSA) is 18.5 Å². The molecule has 1 aromatic rings. The van der Waals surface area contributed by atoms with Gasteiger partial charge in [-0.1, -0.05) is 25.4 Å². The molecule has 0 N–H and O–H groups in total. The van der Waals surface area contributed by atoms with Gasteiger partial charge < -0.3 is 9.47 Å². The zero-order chi connectivity index (χ0) is 11.1. The van der Waals surface area contributed by atoms with Crippen molar-refractivity contribution in [2.24, 2.45) is 0 Å². The number of halogens is 1. The summed E-state index contributed by atoms with van der Waals surface area (Å²) in [6, 6.07) is 3.73. The van der Waals surface area contributed by atoms with E-state index < -0.39 is 0 Å². The van der Waals surface area contributed by atoms with Crippen LogP contribution < -0.4 is 9.47 Å². The summed E-state index contributed by atoms with van der Waals surface area (Å²) in [5, 5.41) is 0.519. The van der Waals surface area contributed by atoms with E-state index in [-0.39, 0.29) is 0 Å². The summed E-state index contributed by atoms with van der Waals surface area (Å²) in [6.07, 6.45) is 0. The molecular formula is C11H17ClO2. The zero-order valence-electron chi connectivity index (χ0n) is 9.35. The van der Waals surface area contributed by atoms with Gasteiger partial charge in [-0.15, -0.1) is 0 Å². The van der Waals surface area contributed by atoms with Gasteiger partial charge in [-0.2, -0.15) is 0 Å². The van der Waals surface area contributed by atoms with E-state index in [2.05, 4.69) is 0 Å². The lowest BCUT2D eigenvalue weighted by Crippen LogP contribution is -1.90. The van der Waals surface area contributed by atoms with E-state index in [1.807, 2.05) is 32.9 Å². The molecule has 0 aliphatic rings. The van der Waals surface area contributed by atoms with Crippen molar-refractivity contribution in [3.63, 3.8) is 0 Å². The molecule has 0 fully saturated rings. The maximum atomic E-state index is 5.93. The predicted molar refractivity (Wildman–Crippen MR) is 60.6 cm³/mol. The van der Waals surface area contributed by atoms with Gasteiger partial charge in [0.15, 0.2) is 0 Å². The van der Waals surface area contributed by atoms with Crippen LogP contribution in [-0.4, -0.2) is 14.2 Å². The second-order valence-electron chi connectivity index (χ2n) is 2.48. The fourth-order valence-electron chi connectivity index (χ4n) is 1.00. The minimum Gasteiger partial charge on any atom is -0.495 e. The second-order valence-corrected chi connectivity index (χ2v) is 2.86. The van der Waals surface area contributed by atoms with Gasteiger partial charge in [0.2, 0.25) is 0 Å². The van der Waals surface area contributed by atoms with Crippen molar-refractivity contribution in [3.05, 3.63) is 22.7 Å². The number of methoxy groups -OCH3 is 2. The number of hydrogen-bond acceptors (Lipinski definition) is 2. The molecule has 0 amide bonds. The Labute approximate surface area is 90.8 Å². The Bertz CT molecular complexity index is 260. The Kier molecular flexibility index (Phi) is 6.13. The van der Waals surface area contributed by atoms with Crippen LogP contribution in [0.4, 0.5) is 0 Å². The number of aryl methyl sites for hydroxylation is 1. The van der Waals surface area contributed by atoms with Crippen LogP contribution in [0.25, 0.3) is 0 Å². The van der Waals surface area contributed by atoms with E-state index in [0.29, 0.717) is 16.5 Å². The lowest BCUT2D eigenvalue weighted by atomic mass is 10.2. The molecule has 0 aliphatic heterocycles. The average molecular weight is 217 g/mol. The van der Waals surface area contributed by atoms with Crippen LogP contribution in [-0.2, 0) is 0 Å². The van der Waals surface area contributed by atoms with Crippen LogP contribution in [0.3, 0.4) is 0 Å². The van der Waals surface area contributed by atoms with Gasteiger partial charge in [0.05, 0.1) is 14.2 Å². The molecule has 0 heterocycles. The predicted octanol–water partition coefficient (Wildman–Crippen LogP) is 3.69. The third kappa shape index (κ3) is 3.11. The molecule has 0 spiro atoms. The summed E-state index contributed by atoms with van der Waals surface area (Å²) in [6.45, 7) is 5.96. The average Bonchev–Trinajstić information content (AvgIpc) is 2.23. The first-order chi connectivity index (χ1) is 6.69. The minimum atomic E-state index is 0.519. The van der Waals surface area contributed by atoms with Crippen molar-refractivity contribution in [2.45, 2.75) is 20.8 Å². The molecule has 0 aliphatic carbocycles. The number of ether oxygens (including phenoxy) is 2.